The van der Waals surface area contributed by atoms with E-state index < -0.39 is 0 Å². The summed E-state index contributed by atoms with van der Waals surface area (Å²) in [6.45, 7) is 6.61. The van der Waals surface area contributed by atoms with Crippen LogP contribution in [0.25, 0.3) is 22.0 Å². The van der Waals surface area contributed by atoms with E-state index in [1.54, 1.807) is 23.1 Å². The van der Waals surface area contributed by atoms with E-state index in [9.17, 15) is 0 Å². The highest BCUT2D eigenvalue weighted by Gasteiger charge is 2.15. The second kappa shape index (κ2) is 8.95. The third-order valence-corrected chi connectivity index (χ3v) is 6.60. The van der Waals surface area contributed by atoms with Gasteiger partial charge in [-0.3, -0.25) is 4.57 Å². The van der Waals surface area contributed by atoms with Crippen LogP contribution < -0.4 is 0 Å². The summed E-state index contributed by atoms with van der Waals surface area (Å²) >= 11 is 9.52. The fraction of sp³-hybridized carbons (Fsp3) is 0.136. The molecule has 0 aliphatic heterocycles. The standard InChI is InChI=1S/C22H19ClN4S2/c1-3-12-27-20(16-10-8-15(2)9-11-16)25-26-22(27)29-14-17-13-28-21(24-17)18-6-4-5-7-19(18)23/h3-11,13H,1,12,14H2,2H3. The Morgan fingerprint density at radius 3 is 2.69 bits per heavy atom. The van der Waals surface area contributed by atoms with E-state index in [4.69, 9.17) is 16.6 Å². The number of rotatable bonds is 7. The SMILES string of the molecule is C=CCn1c(SCc2csc(-c3ccccc3Cl)n2)nnc1-c1ccc(C)cc1. The summed E-state index contributed by atoms with van der Waals surface area (Å²) in [4.78, 5) is 4.74. The van der Waals surface area contributed by atoms with Crippen molar-refractivity contribution in [1.82, 2.24) is 19.7 Å². The van der Waals surface area contributed by atoms with Gasteiger partial charge < -0.3 is 0 Å². The van der Waals surface area contributed by atoms with Gasteiger partial charge in [-0.2, -0.15) is 0 Å². The van der Waals surface area contributed by atoms with Gasteiger partial charge in [-0.05, 0) is 13.0 Å². The first kappa shape index (κ1) is 19.9. The van der Waals surface area contributed by atoms with Gasteiger partial charge in [0.05, 0.1) is 10.7 Å². The van der Waals surface area contributed by atoms with Gasteiger partial charge in [-0.1, -0.05) is 77.5 Å². The van der Waals surface area contributed by atoms with Crippen molar-refractivity contribution in [3.8, 4) is 22.0 Å². The van der Waals surface area contributed by atoms with Gasteiger partial charge >= 0.3 is 0 Å². The Hall–Kier alpha value is -2.41. The lowest BCUT2D eigenvalue weighted by Crippen LogP contribution is -2.00. The smallest absolute Gasteiger partial charge is 0.192 e. The lowest BCUT2D eigenvalue weighted by Gasteiger charge is -2.07. The molecule has 0 amide bonds. The molecule has 0 saturated heterocycles. The molecule has 0 aliphatic rings. The molecule has 2 aromatic carbocycles. The second-order valence-electron chi connectivity index (χ2n) is 6.48. The van der Waals surface area contributed by atoms with E-state index in [0.29, 0.717) is 12.3 Å². The summed E-state index contributed by atoms with van der Waals surface area (Å²) in [5, 5.41) is 13.4. The van der Waals surface area contributed by atoms with Gasteiger partial charge in [0.15, 0.2) is 11.0 Å². The molecule has 0 atom stereocenters. The number of hydrogen-bond acceptors (Lipinski definition) is 5. The fourth-order valence-corrected chi connectivity index (χ4v) is 4.96. The van der Waals surface area contributed by atoms with Crippen LogP contribution in [-0.2, 0) is 12.3 Å². The molecule has 0 bridgehead atoms. The third-order valence-electron chi connectivity index (χ3n) is 4.34. The monoisotopic (exact) mass is 438 g/mol. The van der Waals surface area contributed by atoms with Crippen LogP contribution in [0.3, 0.4) is 0 Å². The van der Waals surface area contributed by atoms with Gasteiger partial charge in [0, 0.05) is 28.8 Å². The highest BCUT2D eigenvalue weighted by atomic mass is 35.5. The van der Waals surface area contributed by atoms with Gasteiger partial charge in [0.1, 0.15) is 5.01 Å². The van der Waals surface area contributed by atoms with E-state index >= 15 is 0 Å². The predicted molar refractivity (Wildman–Crippen MR) is 123 cm³/mol. The van der Waals surface area contributed by atoms with Crippen LogP contribution in [0.4, 0.5) is 0 Å². The number of allylic oxidation sites excluding steroid dienone is 1. The number of aromatic nitrogens is 4. The maximum atomic E-state index is 6.30. The second-order valence-corrected chi connectivity index (χ2v) is 8.69. The number of thiazole rings is 1. The normalized spacial score (nSPS) is 11.0. The average molecular weight is 439 g/mol. The molecule has 0 aliphatic carbocycles. The van der Waals surface area contributed by atoms with Crippen LogP contribution >= 0.6 is 34.7 Å². The molecule has 4 rings (SSSR count). The minimum atomic E-state index is 0.653. The molecule has 7 heteroatoms. The zero-order valence-corrected chi connectivity index (χ0v) is 18.3. The van der Waals surface area contributed by atoms with Crippen LogP contribution in [0.2, 0.25) is 5.02 Å². The van der Waals surface area contributed by atoms with E-state index in [1.807, 2.05) is 30.3 Å². The Morgan fingerprint density at radius 2 is 1.93 bits per heavy atom. The summed E-state index contributed by atoms with van der Waals surface area (Å²) in [5.74, 6) is 1.56. The Balaban J connectivity index is 1.54. The van der Waals surface area contributed by atoms with Crippen molar-refractivity contribution >= 4 is 34.7 Å². The minimum absolute atomic E-state index is 0.653. The molecule has 29 heavy (non-hydrogen) atoms. The van der Waals surface area contributed by atoms with Crippen molar-refractivity contribution < 1.29 is 0 Å². The highest BCUT2D eigenvalue weighted by molar-refractivity contribution is 7.98. The largest absolute Gasteiger partial charge is 0.298 e. The highest BCUT2D eigenvalue weighted by Crippen LogP contribution is 2.32. The van der Waals surface area contributed by atoms with Gasteiger partial charge in [0.2, 0.25) is 0 Å². The number of aryl methyl sites for hydroxylation is 1. The van der Waals surface area contributed by atoms with Crippen LogP contribution in [0.15, 0.2) is 71.7 Å². The van der Waals surface area contributed by atoms with Crippen molar-refractivity contribution in [2.75, 3.05) is 0 Å². The molecule has 146 valence electrons. The maximum absolute atomic E-state index is 6.30. The van der Waals surface area contributed by atoms with Crippen molar-refractivity contribution in [1.29, 1.82) is 0 Å². The first-order chi connectivity index (χ1) is 14.2. The molecule has 0 fully saturated rings. The molecule has 0 saturated carbocycles. The van der Waals surface area contributed by atoms with Crippen molar-refractivity contribution in [2.45, 2.75) is 24.4 Å². The fourth-order valence-electron chi connectivity index (χ4n) is 2.88. The lowest BCUT2D eigenvalue weighted by molar-refractivity contribution is 0.731. The van der Waals surface area contributed by atoms with E-state index in [-0.39, 0.29) is 0 Å². The van der Waals surface area contributed by atoms with Crippen molar-refractivity contribution in [2.24, 2.45) is 0 Å². The number of benzene rings is 2. The molecule has 0 N–H and O–H groups in total. The Bertz CT molecular complexity index is 1130. The number of nitrogens with zero attached hydrogens (tertiary/aromatic N) is 4. The summed E-state index contributed by atoms with van der Waals surface area (Å²) in [5.41, 5.74) is 4.23. The molecule has 0 radical (unpaired) electrons. The molecule has 4 nitrogen and oxygen atoms in total. The molecule has 2 aromatic heterocycles. The summed E-state index contributed by atoms with van der Waals surface area (Å²) < 4.78 is 2.09. The maximum Gasteiger partial charge on any atom is 0.192 e. The first-order valence-electron chi connectivity index (χ1n) is 9.09. The zero-order chi connectivity index (χ0) is 20.2. The minimum Gasteiger partial charge on any atom is -0.298 e. The molecule has 4 aromatic rings. The van der Waals surface area contributed by atoms with Gasteiger partial charge in [-0.25, -0.2) is 4.98 Å². The van der Waals surface area contributed by atoms with Crippen LogP contribution in [-0.4, -0.2) is 19.7 Å². The third kappa shape index (κ3) is 4.45. The van der Waals surface area contributed by atoms with Gasteiger partial charge in [-0.15, -0.1) is 28.1 Å². The Kier molecular flexibility index (Phi) is 6.13. The summed E-state index contributed by atoms with van der Waals surface area (Å²) in [6, 6.07) is 16.1. The Labute approximate surface area is 183 Å². The average Bonchev–Trinajstić information content (AvgIpc) is 3.35. The number of halogens is 1. The van der Waals surface area contributed by atoms with E-state index in [1.165, 1.54) is 5.56 Å². The van der Waals surface area contributed by atoms with Crippen molar-refractivity contribution in [3.63, 3.8) is 0 Å². The summed E-state index contributed by atoms with van der Waals surface area (Å²) in [6.07, 6.45) is 1.86. The van der Waals surface area contributed by atoms with Crippen molar-refractivity contribution in [3.05, 3.63) is 82.8 Å². The predicted octanol–water partition coefficient (Wildman–Crippen LogP) is 6.51. The quantitative estimate of drug-likeness (QED) is 0.243. The van der Waals surface area contributed by atoms with Crippen LogP contribution in [0.5, 0.6) is 0 Å². The molecular formula is C22H19ClN4S2. The van der Waals surface area contributed by atoms with Crippen LogP contribution in [0.1, 0.15) is 11.3 Å². The molecular weight excluding hydrogens is 420 g/mol. The molecule has 2 heterocycles. The van der Waals surface area contributed by atoms with E-state index in [0.717, 1.165) is 37.8 Å². The lowest BCUT2D eigenvalue weighted by atomic mass is 10.1. The summed E-state index contributed by atoms with van der Waals surface area (Å²) in [7, 11) is 0. The number of thioether (sulfide) groups is 1. The Morgan fingerprint density at radius 1 is 1.14 bits per heavy atom. The number of hydrogen-bond donors (Lipinski definition) is 0. The molecule has 0 unspecified atom stereocenters. The van der Waals surface area contributed by atoms with E-state index in [2.05, 4.69) is 57.9 Å². The zero-order valence-electron chi connectivity index (χ0n) is 15.9. The van der Waals surface area contributed by atoms with Crippen LogP contribution in [0, 0.1) is 6.92 Å². The first-order valence-corrected chi connectivity index (χ1v) is 11.3. The molecule has 0 spiro atoms. The topological polar surface area (TPSA) is 43.6 Å². The van der Waals surface area contributed by atoms with Gasteiger partial charge in [0.25, 0.3) is 0 Å².